The number of nitrogens with one attached hydrogen (secondary N) is 4. The molecular weight excluding hydrogens is 577 g/mol. The van der Waals surface area contributed by atoms with Gasteiger partial charge in [0.25, 0.3) is 0 Å². The van der Waals surface area contributed by atoms with Crippen LogP contribution in [0.3, 0.4) is 0 Å². The first-order valence-electron chi connectivity index (χ1n) is 15.8. The fraction of sp³-hybridized carbons (Fsp3) is 0.441. The molecule has 1 aliphatic heterocycles. The Morgan fingerprint density at radius 3 is 2.75 bits per heavy atom. The number of amidine groups is 1. The summed E-state index contributed by atoms with van der Waals surface area (Å²) in [5, 5.41) is 15.2. The zero-order chi connectivity index (χ0) is 30.8. The molecule has 2 aromatic carbocycles. The summed E-state index contributed by atoms with van der Waals surface area (Å²) in [6.07, 6.45) is 11.1. The Morgan fingerprint density at radius 2 is 2.00 bits per heavy atom. The van der Waals surface area contributed by atoms with Crippen LogP contribution in [0.5, 0.6) is 0 Å². The van der Waals surface area contributed by atoms with Crippen LogP contribution in [0.25, 0.3) is 28.0 Å². The zero-order valence-electron chi connectivity index (χ0n) is 25.1. The van der Waals surface area contributed by atoms with Gasteiger partial charge in [-0.05, 0) is 106 Å². The Kier molecular flexibility index (Phi) is 9.16. The third-order valence-electron chi connectivity index (χ3n) is 9.06. The van der Waals surface area contributed by atoms with Crippen LogP contribution in [-0.2, 0) is 6.42 Å². The van der Waals surface area contributed by atoms with Crippen molar-refractivity contribution in [3.05, 3.63) is 81.1 Å². The maximum absolute atomic E-state index is 15.2. The van der Waals surface area contributed by atoms with Gasteiger partial charge in [-0.3, -0.25) is 9.98 Å². The molecule has 0 radical (unpaired) electrons. The molecule has 3 heterocycles. The number of aryl methyl sites for hydroxylation is 1. The lowest BCUT2D eigenvalue weighted by Crippen LogP contribution is -2.39. The van der Waals surface area contributed by atoms with Gasteiger partial charge in [0.15, 0.2) is 5.82 Å². The van der Waals surface area contributed by atoms with Gasteiger partial charge in [-0.25, -0.2) is 9.18 Å². The van der Waals surface area contributed by atoms with Crippen LogP contribution in [-0.4, -0.2) is 39.0 Å². The average molecular weight is 618 g/mol. The summed E-state index contributed by atoms with van der Waals surface area (Å²) in [6.45, 7) is 2.55. The summed E-state index contributed by atoms with van der Waals surface area (Å²) in [5.41, 5.74) is 10.00. The number of benzene rings is 2. The summed E-state index contributed by atoms with van der Waals surface area (Å²) in [6, 6.07) is 14.2. The van der Waals surface area contributed by atoms with E-state index in [0.717, 1.165) is 62.7 Å². The van der Waals surface area contributed by atoms with Gasteiger partial charge >= 0.3 is 5.69 Å². The molecule has 6 rings (SSSR count). The number of nitrogens with zero attached hydrogens (tertiary/aromatic N) is 2. The number of hydrogen-bond acceptors (Lipinski definition) is 5. The smallest absolute Gasteiger partial charge is 0.354 e. The van der Waals surface area contributed by atoms with Gasteiger partial charge < -0.3 is 21.4 Å². The summed E-state index contributed by atoms with van der Waals surface area (Å²) in [7, 11) is 0. The minimum Gasteiger partial charge on any atom is -0.374 e. The van der Waals surface area contributed by atoms with Crippen LogP contribution in [0.2, 0.25) is 5.02 Å². The normalized spacial score (nSPS) is 19.3. The van der Waals surface area contributed by atoms with Gasteiger partial charge in [0.1, 0.15) is 5.65 Å². The molecule has 2 aromatic heterocycles. The highest BCUT2D eigenvalue weighted by molar-refractivity contribution is 6.31. The van der Waals surface area contributed by atoms with Gasteiger partial charge in [-0.1, -0.05) is 30.2 Å². The number of rotatable bonds is 11. The van der Waals surface area contributed by atoms with Crippen LogP contribution in [0.4, 0.5) is 4.39 Å². The van der Waals surface area contributed by atoms with Crippen molar-refractivity contribution in [3.8, 4) is 16.9 Å². The quantitative estimate of drug-likeness (QED) is 0.0985. The van der Waals surface area contributed by atoms with E-state index < -0.39 is 11.5 Å². The minimum absolute atomic E-state index is 0.0761. The Morgan fingerprint density at radius 1 is 1.20 bits per heavy atom. The molecule has 44 heavy (non-hydrogen) atoms. The molecule has 0 unspecified atom stereocenters. The minimum atomic E-state index is -0.498. The number of nitrogens with two attached hydrogens (primary N) is 1. The highest BCUT2D eigenvalue weighted by atomic mass is 35.5. The number of fused-ring (bicyclic) bond motifs is 1. The second kappa shape index (κ2) is 13.2. The highest BCUT2D eigenvalue weighted by Gasteiger charge is 2.28. The van der Waals surface area contributed by atoms with E-state index in [9.17, 15) is 4.79 Å². The van der Waals surface area contributed by atoms with Crippen molar-refractivity contribution in [1.29, 1.82) is 5.41 Å². The van der Waals surface area contributed by atoms with Gasteiger partial charge in [-0.15, -0.1) is 0 Å². The standard InChI is InChI=1S/C34H41ClFN7O/c1-20(37)39-15-14-25-5-3-7-30(40-25)23-10-12-26(13-11-23)43-19-24-18-31(41-33(24)42-34(43)44)27-16-21(17-28(35)32(27)36)4-2-6-29(38)22-8-9-22/h10-13,16-19,22,25,29-30,40H,2-9,14-15,38H2,1H3,(H2,37,39)(H,41,42,44)/t25-,29+,30-/m0/s1. The van der Waals surface area contributed by atoms with E-state index in [-0.39, 0.29) is 17.1 Å². The highest BCUT2D eigenvalue weighted by Crippen LogP contribution is 2.34. The molecule has 0 spiro atoms. The zero-order valence-corrected chi connectivity index (χ0v) is 25.9. The predicted octanol–water partition coefficient (Wildman–Crippen LogP) is 6.39. The van der Waals surface area contributed by atoms with E-state index >= 15 is 4.39 Å². The molecule has 0 amide bonds. The Labute approximate surface area is 262 Å². The molecule has 1 saturated heterocycles. The molecule has 1 saturated carbocycles. The molecule has 2 fully saturated rings. The number of halogens is 2. The first kappa shape index (κ1) is 30.5. The van der Waals surface area contributed by atoms with Crippen LogP contribution < -0.4 is 22.1 Å². The molecule has 8 nitrogen and oxygen atoms in total. The number of H-pyrrole nitrogens is 1. The van der Waals surface area contributed by atoms with Crippen molar-refractivity contribution in [1.82, 2.24) is 25.2 Å². The molecule has 1 aliphatic carbocycles. The maximum Gasteiger partial charge on any atom is 0.354 e. The fourth-order valence-corrected chi connectivity index (χ4v) is 6.67. The molecule has 0 bridgehead atoms. The van der Waals surface area contributed by atoms with Gasteiger partial charge in [-0.2, -0.15) is 4.98 Å². The third-order valence-corrected chi connectivity index (χ3v) is 9.33. The second-order valence-corrected chi connectivity index (χ2v) is 12.9. The van der Waals surface area contributed by atoms with E-state index in [0.29, 0.717) is 40.1 Å². The van der Waals surface area contributed by atoms with E-state index in [1.165, 1.54) is 23.0 Å². The fourth-order valence-electron chi connectivity index (χ4n) is 6.42. The van der Waals surface area contributed by atoms with Crippen LogP contribution in [0.1, 0.15) is 75.5 Å². The van der Waals surface area contributed by atoms with E-state index in [4.69, 9.17) is 22.7 Å². The number of aromatic nitrogens is 3. The van der Waals surface area contributed by atoms with Crippen molar-refractivity contribution in [2.45, 2.75) is 82.8 Å². The second-order valence-electron chi connectivity index (χ2n) is 12.5. The third kappa shape index (κ3) is 7.06. The molecule has 232 valence electrons. The predicted molar refractivity (Wildman–Crippen MR) is 175 cm³/mol. The Hall–Kier alpha value is -3.53. The lowest BCUT2D eigenvalue weighted by molar-refractivity contribution is 0.312. The molecule has 10 heteroatoms. The van der Waals surface area contributed by atoms with Gasteiger partial charge in [0.2, 0.25) is 0 Å². The molecule has 4 aromatic rings. The van der Waals surface area contributed by atoms with Crippen molar-refractivity contribution >= 4 is 28.5 Å². The molecule has 2 aliphatic rings. The average Bonchev–Trinajstić information content (AvgIpc) is 3.78. The summed E-state index contributed by atoms with van der Waals surface area (Å²) < 4.78 is 16.7. The first-order chi connectivity index (χ1) is 21.2. The summed E-state index contributed by atoms with van der Waals surface area (Å²) in [5.74, 6) is 0.654. The number of hydrogen-bond donors (Lipinski definition) is 5. The van der Waals surface area contributed by atoms with E-state index in [2.05, 4.69) is 32.7 Å². The van der Waals surface area contributed by atoms with Crippen molar-refractivity contribution in [2.75, 3.05) is 6.54 Å². The lowest BCUT2D eigenvalue weighted by atomic mass is 9.92. The molecular formula is C34H41ClFN7O. The molecule has 3 atom stereocenters. The van der Waals surface area contributed by atoms with Crippen molar-refractivity contribution in [2.24, 2.45) is 11.7 Å². The van der Waals surface area contributed by atoms with Crippen LogP contribution in [0, 0.1) is 17.1 Å². The Balaban J connectivity index is 1.18. The van der Waals surface area contributed by atoms with Crippen molar-refractivity contribution < 1.29 is 4.39 Å². The largest absolute Gasteiger partial charge is 0.374 e. The van der Waals surface area contributed by atoms with Crippen LogP contribution in [0.15, 0.2) is 53.5 Å². The monoisotopic (exact) mass is 617 g/mol. The number of aromatic amines is 1. The number of piperidine rings is 1. The van der Waals surface area contributed by atoms with Gasteiger partial charge in [0, 0.05) is 41.8 Å². The maximum atomic E-state index is 15.2. The summed E-state index contributed by atoms with van der Waals surface area (Å²) >= 11 is 6.31. The molecule has 6 N–H and O–H groups in total. The topological polar surface area (TPSA) is 125 Å². The first-order valence-corrected chi connectivity index (χ1v) is 16.1. The lowest BCUT2D eigenvalue weighted by Gasteiger charge is -2.31. The van der Waals surface area contributed by atoms with Crippen molar-refractivity contribution in [3.63, 3.8) is 0 Å². The SMILES string of the molecule is CC(=N)NCC[C@@H]1CCC[C@@H](c2ccc(-n3cc4cc(-c5cc(CCC[C@@H](N)C6CC6)cc(Cl)c5F)[nH]c4nc3=O)cc2)N1. The Bertz CT molecular complexity index is 1690. The van der Waals surface area contributed by atoms with E-state index in [1.807, 2.05) is 24.3 Å². The summed E-state index contributed by atoms with van der Waals surface area (Å²) in [4.78, 5) is 20.5. The van der Waals surface area contributed by atoms with Gasteiger partial charge in [0.05, 0.1) is 22.2 Å². The van der Waals surface area contributed by atoms with E-state index in [1.54, 1.807) is 19.2 Å². The van der Waals surface area contributed by atoms with Crippen LogP contribution >= 0.6 is 11.6 Å².